The van der Waals surface area contributed by atoms with Gasteiger partial charge in [0.2, 0.25) is 0 Å². The maximum atomic E-state index is 9.18. The molecule has 2 aliphatic rings. The Balaban J connectivity index is 1.88. The Morgan fingerprint density at radius 2 is 2.26 bits per heavy atom. The molecule has 0 amide bonds. The molecule has 2 heterocycles. The fourth-order valence-electron chi connectivity index (χ4n) is 3.32. The molecular weight excluding hydrogens is 234 g/mol. The first-order valence-corrected chi connectivity index (χ1v) is 6.93. The average Bonchev–Trinajstić information content (AvgIpc) is 3.05. The van der Waals surface area contributed by atoms with E-state index in [1.54, 1.807) is 0 Å². The van der Waals surface area contributed by atoms with Crippen molar-refractivity contribution in [2.45, 2.75) is 32.2 Å². The lowest BCUT2D eigenvalue weighted by Crippen LogP contribution is -2.34. The van der Waals surface area contributed by atoms with Crippen LogP contribution in [-0.2, 0) is 6.42 Å². The monoisotopic (exact) mass is 253 g/mol. The van der Waals surface area contributed by atoms with Gasteiger partial charge in [0.25, 0.3) is 0 Å². The first kappa shape index (κ1) is 12.1. The van der Waals surface area contributed by atoms with Gasteiger partial charge in [-0.15, -0.1) is 0 Å². The first-order valence-electron chi connectivity index (χ1n) is 6.93. The van der Waals surface area contributed by atoms with E-state index in [0.717, 1.165) is 38.0 Å². The Morgan fingerprint density at radius 3 is 3.05 bits per heavy atom. The van der Waals surface area contributed by atoms with Crippen LogP contribution in [0.15, 0.2) is 30.5 Å². The Morgan fingerprint density at radius 1 is 1.42 bits per heavy atom. The van der Waals surface area contributed by atoms with Gasteiger partial charge in [0.05, 0.1) is 6.04 Å². The summed E-state index contributed by atoms with van der Waals surface area (Å²) in [5.74, 6) is 0. The Kier molecular flexibility index (Phi) is 2.94. The van der Waals surface area contributed by atoms with Gasteiger partial charge in [0, 0.05) is 24.5 Å². The SMILES string of the molecule is C=C(C1CCCN1C#N)N1CCc2c(C)cccc21. The maximum Gasteiger partial charge on any atom is 0.179 e. The molecule has 0 radical (unpaired) electrons. The number of nitrogens with zero attached hydrogens (tertiary/aromatic N) is 3. The zero-order valence-electron chi connectivity index (χ0n) is 11.4. The van der Waals surface area contributed by atoms with Crippen molar-refractivity contribution < 1.29 is 0 Å². The summed E-state index contributed by atoms with van der Waals surface area (Å²) in [4.78, 5) is 4.18. The highest BCUT2D eigenvalue weighted by Gasteiger charge is 2.32. The van der Waals surface area contributed by atoms with Crippen LogP contribution in [0.5, 0.6) is 0 Å². The molecule has 1 unspecified atom stereocenters. The van der Waals surface area contributed by atoms with Crippen LogP contribution in [0.1, 0.15) is 24.0 Å². The highest BCUT2D eigenvalue weighted by molar-refractivity contribution is 5.64. The number of hydrogen-bond acceptors (Lipinski definition) is 3. The van der Waals surface area contributed by atoms with Gasteiger partial charge in [-0.1, -0.05) is 18.7 Å². The van der Waals surface area contributed by atoms with Crippen LogP contribution >= 0.6 is 0 Å². The second-order valence-electron chi connectivity index (χ2n) is 5.42. The number of likely N-dealkylation sites (tertiary alicyclic amines) is 1. The molecule has 1 saturated heterocycles. The van der Waals surface area contributed by atoms with Crippen molar-refractivity contribution in [3.63, 3.8) is 0 Å². The van der Waals surface area contributed by atoms with E-state index in [-0.39, 0.29) is 6.04 Å². The van der Waals surface area contributed by atoms with Gasteiger partial charge < -0.3 is 9.80 Å². The second kappa shape index (κ2) is 4.62. The van der Waals surface area contributed by atoms with E-state index in [1.165, 1.54) is 16.8 Å². The Bertz CT molecular complexity index is 556. The van der Waals surface area contributed by atoms with Gasteiger partial charge in [0.15, 0.2) is 6.19 Å². The number of rotatable bonds is 2. The van der Waals surface area contributed by atoms with Gasteiger partial charge in [-0.2, -0.15) is 5.26 Å². The lowest BCUT2D eigenvalue weighted by molar-refractivity contribution is 0.399. The van der Waals surface area contributed by atoms with Crippen molar-refractivity contribution in [1.82, 2.24) is 4.90 Å². The van der Waals surface area contributed by atoms with Crippen molar-refractivity contribution in [3.8, 4) is 6.19 Å². The van der Waals surface area contributed by atoms with E-state index >= 15 is 0 Å². The van der Waals surface area contributed by atoms with Crippen LogP contribution in [-0.4, -0.2) is 24.0 Å². The predicted molar refractivity (Wildman–Crippen MR) is 76.7 cm³/mol. The molecule has 3 nitrogen and oxygen atoms in total. The quantitative estimate of drug-likeness (QED) is 0.759. The molecule has 3 rings (SSSR count). The van der Waals surface area contributed by atoms with E-state index in [4.69, 9.17) is 0 Å². The maximum absolute atomic E-state index is 9.18. The lowest BCUT2D eigenvalue weighted by Gasteiger charge is -2.29. The molecule has 0 N–H and O–H groups in total. The van der Waals surface area contributed by atoms with Gasteiger partial charge in [0.1, 0.15) is 0 Å². The van der Waals surface area contributed by atoms with Gasteiger partial charge in [-0.05, 0) is 43.4 Å². The predicted octanol–water partition coefficient (Wildman–Crippen LogP) is 2.82. The summed E-state index contributed by atoms with van der Waals surface area (Å²) >= 11 is 0. The minimum Gasteiger partial charge on any atom is -0.343 e. The normalized spacial score (nSPS) is 21.4. The lowest BCUT2D eigenvalue weighted by atomic mass is 10.1. The molecule has 0 saturated carbocycles. The summed E-state index contributed by atoms with van der Waals surface area (Å²) < 4.78 is 0. The fourth-order valence-corrected chi connectivity index (χ4v) is 3.32. The average molecular weight is 253 g/mol. The highest BCUT2D eigenvalue weighted by atomic mass is 15.2. The standard InChI is InChI=1S/C16H19N3/c1-12-5-3-6-16-14(12)8-10-19(16)13(2)15-7-4-9-18(15)11-17/h3,5-6,15H,2,4,7-10H2,1H3. The van der Waals surface area contributed by atoms with Crippen LogP contribution in [0.25, 0.3) is 0 Å². The minimum absolute atomic E-state index is 0.191. The topological polar surface area (TPSA) is 30.3 Å². The molecule has 98 valence electrons. The molecule has 1 atom stereocenters. The molecule has 0 spiro atoms. The molecule has 1 aromatic carbocycles. The van der Waals surface area contributed by atoms with Gasteiger partial charge in [-0.25, -0.2) is 0 Å². The van der Waals surface area contributed by atoms with E-state index in [0.29, 0.717) is 0 Å². The van der Waals surface area contributed by atoms with E-state index in [2.05, 4.69) is 42.8 Å². The van der Waals surface area contributed by atoms with Crippen molar-refractivity contribution in [2.24, 2.45) is 0 Å². The summed E-state index contributed by atoms with van der Waals surface area (Å²) in [6.07, 6.45) is 5.52. The molecule has 0 aliphatic carbocycles. The molecular formula is C16H19N3. The third-order valence-electron chi connectivity index (χ3n) is 4.37. The molecule has 0 bridgehead atoms. The van der Waals surface area contributed by atoms with Crippen molar-refractivity contribution in [3.05, 3.63) is 41.6 Å². The largest absolute Gasteiger partial charge is 0.343 e. The van der Waals surface area contributed by atoms with Gasteiger partial charge >= 0.3 is 0 Å². The molecule has 1 fully saturated rings. The summed E-state index contributed by atoms with van der Waals surface area (Å²) in [6.45, 7) is 8.31. The number of fused-ring (bicyclic) bond motifs is 1. The first-order chi connectivity index (χ1) is 9.22. The van der Waals surface area contributed by atoms with Crippen LogP contribution in [0, 0.1) is 18.4 Å². The zero-order valence-corrected chi connectivity index (χ0v) is 11.4. The third kappa shape index (κ3) is 1.88. The molecule has 2 aliphatic heterocycles. The van der Waals surface area contributed by atoms with Crippen LogP contribution in [0.4, 0.5) is 5.69 Å². The van der Waals surface area contributed by atoms with Crippen molar-refractivity contribution in [2.75, 3.05) is 18.0 Å². The zero-order chi connectivity index (χ0) is 13.4. The van der Waals surface area contributed by atoms with E-state index < -0.39 is 0 Å². The fraction of sp³-hybridized carbons (Fsp3) is 0.438. The highest BCUT2D eigenvalue weighted by Crippen LogP contribution is 2.35. The van der Waals surface area contributed by atoms with Crippen LogP contribution in [0.3, 0.4) is 0 Å². The number of nitriles is 1. The Hall–Kier alpha value is -1.95. The number of aryl methyl sites for hydroxylation is 1. The second-order valence-corrected chi connectivity index (χ2v) is 5.42. The van der Waals surface area contributed by atoms with Crippen molar-refractivity contribution in [1.29, 1.82) is 5.26 Å². The number of anilines is 1. The van der Waals surface area contributed by atoms with E-state index in [1.807, 2.05) is 4.90 Å². The van der Waals surface area contributed by atoms with Gasteiger partial charge in [-0.3, -0.25) is 0 Å². The molecule has 1 aromatic rings. The summed E-state index contributed by atoms with van der Waals surface area (Å²) in [6, 6.07) is 6.64. The molecule has 0 aromatic heterocycles. The Labute approximate surface area is 114 Å². The summed E-state index contributed by atoms with van der Waals surface area (Å²) in [5.41, 5.74) is 5.17. The minimum atomic E-state index is 0.191. The third-order valence-corrected chi connectivity index (χ3v) is 4.37. The van der Waals surface area contributed by atoms with E-state index in [9.17, 15) is 5.26 Å². The number of hydrogen-bond donors (Lipinski definition) is 0. The smallest absolute Gasteiger partial charge is 0.179 e. The molecule has 19 heavy (non-hydrogen) atoms. The van der Waals surface area contributed by atoms with Crippen LogP contribution < -0.4 is 4.90 Å². The van der Waals surface area contributed by atoms with Crippen molar-refractivity contribution >= 4 is 5.69 Å². The van der Waals surface area contributed by atoms with Crippen LogP contribution in [0.2, 0.25) is 0 Å². The number of benzene rings is 1. The summed E-state index contributed by atoms with van der Waals surface area (Å²) in [5, 5.41) is 9.18. The molecule has 3 heteroatoms. The summed E-state index contributed by atoms with van der Waals surface area (Å²) in [7, 11) is 0.